The van der Waals surface area contributed by atoms with E-state index in [1.165, 1.54) is 16.7 Å². The predicted octanol–water partition coefficient (Wildman–Crippen LogP) is 3.45. The Morgan fingerprint density at radius 1 is 1.00 bits per heavy atom. The Bertz CT molecular complexity index is 764. The average molecular weight is 293 g/mol. The van der Waals surface area contributed by atoms with Gasteiger partial charge in [-0.15, -0.1) is 0 Å². The minimum atomic E-state index is 0.119. The van der Waals surface area contributed by atoms with E-state index in [0.717, 1.165) is 5.69 Å². The molecule has 5 nitrogen and oxygen atoms in total. The summed E-state index contributed by atoms with van der Waals surface area (Å²) in [7, 11) is 0. The molecule has 3 aromatic rings. The molecule has 3 rings (SSSR count). The van der Waals surface area contributed by atoms with Crippen LogP contribution in [0.1, 0.15) is 29.7 Å². The SMILES string of the molecule is Cc1cccc(C(C)Nc2nnnn2-c2ccccc2)c1C. The van der Waals surface area contributed by atoms with Crippen molar-refractivity contribution in [3.63, 3.8) is 0 Å². The number of rotatable bonds is 4. The van der Waals surface area contributed by atoms with Crippen LogP contribution in [-0.4, -0.2) is 20.2 Å². The third-order valence-corrected chi connectivity index (χ3v) is 3.93. The highest BCUT2D eigenvalue weighted by Crippen LogP contribution is 2.23. The number of nitrogens with one attached hydrogen (secondary N) is 1. The van der Waals surface area contributed by atoms with Crippen molar-refractivity contribution < 1.29 is 0 Å². The second-order valence-corrected chi connectivity index (χ2v) is 5.41. The van der Waals surface area contributed by atoms with Gasteiger partial charge >= 0.3 is 0 Å². The van der Waals surface area contributed by atoms with E-state index in [9.17, 15) is 0 Å². The summed E-state index contributed by atoms with van der Waals surface area (Å²) in [5, 5.41) is 15.4. The van der Waals surface area contributed by atoms with Gasteiger partial charge in [-0.05, 0) is 60.0 Å². The second kappa shape index (κ2) is 5.97. The third-order valence-electron chi connectivity index (χ3n) is 3.93. The molecule has 22 heavy (non-hydrogen) atoms. The van der Waals surface area contributed by atoms with E-state index in [-0.39, 0.29) is 6.04 Å². The summed E-state index contributed by atoms with van der Waals surface area (Å²) in [5.74, 6) is 0.639. The summed E-state index contributed by atoms with van der Waals surface area (Å²) in [6, 6.07) is 16.3. The maximum atomic E-state index is 4.10. The zero-order chi connectivity index (χ0) is 15.5. The van der Waals surface area contributed by atoms with Crippen molar-refractivity contribution in [2.75, 3.05) is 5.32 Å². The summed E-state index contributed by atoms with van der Waals surface area (Å²) in [6.07, 6.45) is 0. The first kappa shape index (κ1) is 14.3. The minimum absolute atomic E-state index is 0.119. The molecule has 0 aliphatic carbocycles. The van der Waals surface area contributed by atoms with Gasteiger partial charge in [-0.3, -0.25) is 0 Å². The van der Waals surface area contributed by atoms with Gasteiger partial charge in [-0.2, -0.15) is 4.68 Å². The number of hydrogen-bond acceptors (Lipinski definition) is 4. The Morgan fingerprint density at radius 3 is 2.55 bits per heavy atom. The predicted molar refractivity (Wildman–Crippen MR) is 87.1 cm³/mol. The van der Waals surface area contributed by atoms with Gasteiger partial charge in [0.1, 0.15) is 0 Å². The molecule has 0 fully saturated rings. The van der Waals surface area contributed by atoms with Crippen LogP contribution in [0.25, 0.3) is 5.69 Å². The van der Waals surface area contributed by atoms with Crippen molar-refractivity contribution in [3.05, 3.63) is 65.2 Å². The van der Waals surface area contributed by atoms with Crippen LogP contribution < -0.4 is 5.32 Å². The molecule has 0 saturated heterocycles. The van der Waals surface area contributed by atoms with Gasteiger partial charge < -0.3 is 5.32 Å². The molecule has 0 spiro atoms. The number of aromatic nitrogens is 4. The van der Waals surface area contributed by atoms with E-state index in [1.54, 1.807) is 4.68 Å². The standard InChI is InChI=1S/C17H19N5/c1-12-8-7-11-16(13(12)2)14(3)18-17-19-20-21-22(17)15-9-5-4-6-10-15/h4-11,14H,1-3H3,(H,18,19,21). The Kier molecular flexibility index (Phi) is 3.87. The van der Waals surface area contributed by atoms with E-state index in [4.69, 9.17) is 0 Å². The van der Waals surface area contributed by atoms with Crippen LogP contribution in [0.15, 0.2) is 48.5 Å². The van der Waals surface area contributed by atoms with Gasteiger partial charge in [0.15, 0.2) is 0 Å². The molecule has 1 atom stereocenters. The maximum absolute atomic E-state index is 4.10. The van der Waals surface area contributed by atoms with Gasteiger partial charge in [0.05, 0.1) is 11.7 Å². The molecule has 1 heterocycles. The molecule has 2 aromatic carbocycles. The van der Waals surface area contributed by atoms with E-state index in [2.05, 4.69) is 59.8 Å². The zero-order valence-corrected chi connectivity index (χ0v) is 13.0. The highest BCUT2D eigenvalue weighted by atomic mass is 15.6. The van der Waals surface area contributed by atoms with Crippen LogP contribution in [-0.2, 0) is 0 Å². The maximum Gasteiger partial charge on any atom is 0.248 e. The topological polar surface area (TPSA) is 55.6 Å². The smallest absolute Gasteiger partial charge is 0.248 e. The van der Waals surface area contributed by atoms with Crippen LogP contribution >= 0.6 is 0 Å². The first-order valence-corrected chi connectivity index (χ1v) is 7.33. The zero-order valence-electron chi connectivity index (χ0n) is 13.0. The van der Waals surface area contributed by atoms with E-state index in [1.807, 2.05) is 30.3 Å². The van der Waals surface area contributed by atoms with Crippen molar-refractivity contribution in [3.8, 4) is 5.69 Å². The van der Waals surface area contributed by atoms with Crippen molar-refractivity contribution >= 4 is 5.95 Å². The van der Waals surface area contributed by atoms with E-state index >= 15 is 0 Å². The molecule has 1 unspecified atom stereocenters. The van der Waals surface area contributed by atoms with Crippen LogP contribution in [0, 0.1) is 13.8 Å². The number of hydrogen-bond donors (Lipinski definition) is 1. The normalized spacial score (nSPS) is 12.1. The molecule has 1 aromatic heterocycles. The Morgan fingerprint density at radius 2 is 1.77 bits per heavy atom. The quantitative estimate of drug-likeness (QED) is 0.800. The van der Waals surface area contributed by atoms with Crippen LogP contribution in [0.4, 0.5) is 5.95 Å². The fraction of sp³-hybridized carbons (Fsp3) is 0.235. The summed E-state index contributed by atoms with van der Waals surface area (Å²) in [6.45, 7) is 6.38. The number of anilines is 1. The molecular weight excluding hydrogens is 274 g/mol. The van der Waals surface area contributed by atoms with Crippen LogP contribution in [0.2, 0.25) is 0 Å². The van der Waals surface area contributed by atoms with Crippen molar-refractivity contribution in [1.29, 1.82) is 0 Å². The van der Waals surface area contributed by atoms with Gasteiger partial charge in [-0.1, -0.05) is 41.5 Å². The minimum Gasteiger partial charge on any atom is -0.346 e. The molecule has 112 valence electrons. The summed E-state index contributed by atoms with van der Waals surface area (Å²) in [5.41, 5.74) is 4.76. The van der Waals surface area contributed by atoms with Crippen LogP contribution in [0.3, 0.4) is 0 Å². The molecule has 0 bridgehead atoms. The van der Waals surface area contributed by atoms with Gasteiger partial charge in [0.25, 0.3) is 0 Å². The highest BCUT2D eigenvalue weighted by molar-refractivity contribution is 5.42. The average Bonchev–Trinajstić information content (AvgIpc) is 2.99. The number of nitrogens with zero attached hydrogens (tertiary/aromatic N) is 4. The first-order chi connectivity index (χ1) is 10.7. The lowest BCUT2D eigenvalue weighted by Crippen LogP contribution is -2.13. The lowest BCUT2D eigenvalue weighted by molar-refractivity contribution is 0.779. The number of benzene rings is 2. The fourth-order valence-corrected chi connectivity index (χ4v) is 2.53. The summed E-state index contributed by atoms with van der Waals surface area (Å²) >= 11 is 0. The number of para-hydroxylation sites is 1. The Balaban J connectivity index is 1.88. The van der Waals surface area contributed by atoms with Crippen LogP contribution in [0.5, 0.6) is 0 Å². The van der Waals surface area contributed by atoms with Gasteiger partial charge in [0, 0.05) is 0 Å². The molecule has 5 heteroatoms. The molecule has 0 saturated carbocycles. The first-order valence-electron chi connectivity index (χ1n) is 7.33. The lowest BCUT2D eigenvalue weighted by Gasteiger charge is -2.18. The molecule has 0 aliphatic rings. The summed E-state index contributed by atoms with van der Waals surface area (Å²) in [4.78, 5) is 0. The molecule has 0 radical (unpaired) electrons. The number of tetrazole rings is 1. The Hall–Kier alpha value is -2.69. The van der Waals surface area contributed by atoms with E-state index < -0.39 is 0 Å². The van der Waals surface area contributed by atoms with Gasteiger partial charge in [-0.25, -0.2) is 0 Å². The molecule has 1 N–H and O–H groups in total. The number of aryl methyl sites for hydroxylation is 1. The second-order valence-electron chi connectivity index (χ2n) is 5.41. The third kappa shape index (κ3) is 2.70. The van der Waals surface area contributed by atoms with Crippen molar-refractivity contribution in [1.82, 2.24) is 20.2 Å². The largest absolute Gasteiger partial charge is 0.346 e. The monoisotopic (exact) mass is 293 g/mol. The van der Waals surface area contributed by atoms with Gasteiger partial charge in [0.2, 0.25) is 5.95 Å². The Labute approximate surface area is 130 Å². The molecule has 0 aliphatic heterocycles. The van der Waals surface area contributed by atoms with E-state index in [0.29, 0.717) is 5.95 Å². The lowest BCUT2D eigenvalue weighted by atomic mass is 9.98. The van der Waals surface area contributed by atoms with Crippen molar-refractivity contribution in [2.45, 2.75) is 26.8 Å². The molecular formula is C17H19N5. The van der Waals surface area contributed by atoms with Crippen molar-refractivity contribution in [2.24, 2.45) is 0 Å². The summed E-state index contributed by atoms with van der Waals surface area (Å²) < 4.78 is 1.71. The molecule has 0 amide bonds. The fourth-order valence-electron chi connectivity index (χ4n) is 2.53. The highest BCUT2D eigenvalue weighted by Gasteiger charge is 2.14.